The molecule has 2 heterocycles. The highest BCUT2D eigenvalue weighted by Gasteiger charge is 2.42. The van der Waals surface area contributed by atoms with Gasteiger partial charge in [-0.3, -0.25) is 0 Å². The molecule has 0 bridgehead atoms. The zero-order chi connectivity index (χ0) is 9.43. The Bertz CT molecular complexity index is 338. The lowest BCUT2D eigenvalue weighted by Crippen LogP contribution is -2.32. The van der Waals surface area contributed by atoms with Crippen LogP contribution >= 0.6 is 0 Å². The van der Waals surface area contributed by atoms with Crippen LogP contribution in [0.4, 0.5) is 0 Å². The van der Waals surface area contributed by atoms with Crippen LogP contribution in [0.1, 0.15) is 25.7 Å². The van der Waals surface area contributed by atoms with Crippen molar-refractivity contribution in [3.63, 3.8) is 0 Å². The second-order valence-corrected chi connectivity index (χ2v) is 4.05. The molecule has 0 saturated heterocycles. The minimum absolute atomic E-state index is 0.523. The zero-order valence-corrected chi connectivity index (χ0v) is 8.16. The van der Waals surface area contributed by atoms with E-state index in [1.165, 1.54) is 30.4 Å². The molecule has 3 aliphatic rings. The maximum atomic E-state index is 5.79. The van der Waals surface area contributed by atoms with E-state index in [0.29, 0.717) is 0 Å². The molecule has 0 unspecified atom stereocenters. The Labute approximate surface area is 83.9 Å². The van der Waals surface area contributed by atoms with Gasteiger partial charge in [0.1, 0.15) is 0 Å². The fourth-order valence-corrected chi connectivity index (χ4v) is 2.49. The van der Waals surface area contributed by atoms with Crippen molar-refractivity contribution >= 4 is 0 Å². The summed E-state index contributed by atoms with van der Waals surface area (Å²) < 4.78 is 11.4. The van der Waals surface area contributed by atoms with Gasteiger partial charge >= 0.3 is 0 Å². The van der Waals surface area contributed by atoms with Crippen LogP contribution in [-0.4, -0.2) is 12.4 Å². The van der Waals surface area contributed by atoms with Gasteiger partial charge in [-0.2, -0.15) is 0 Å². The molecule has 2 nitrogen and oxygen atoms in total. The second-order valence-electron chi connectivity index (χ2n) is 4.05. The van der Waals surface area contributed by atoms with Crippen molar-refractivity contribution in [1.29, 1.82) is 0 Å². The van der Waals surface area contributed by atoms with Crippen LogP contribution in [0, 0.1) is 0 Å². The van der Waals surface area contributed by atoms with Gasteiger partial charge in [0.25, 0.3) is 5.79 Å². The molecule has 3 rings (SSSR count). The Hall–Kier alpha value is -1.02. The predicted octanol–water partition coefficient (Wildman–Crippen LogP) is 2.68. The summed E-state index contributed by atoms with van der Waals surface area (Å²) in [5.74, 6) is -0.523. The summed E-state index contributed by atoms with van der Waals surface area (Å²) >= 11 is 0. The summed E-state index contributed by atoms with van der Waals surface area (Å²) in [4.78, 5) is 0. The number of allylic oxidation sites excluding steroid dienone is 2. The summed E-state index contributed by atoms with van der Waals surface area (Å²) in [5, 5.41) is 0. The lowest BCUT2D eigenvalue weighted by atomic mass is 9.88. The smallest absolute Gasteiger partial charge is 0.253 e. The van der Waals surface area contributed by atoms with E-state index in [1.807, 2.05) is 18.2 Å². The highest BCUT2D eigenvalue weighted by Crippen LogP contribution is 2.42. The Morgan fingerprint density at radius 1 is 1.14 bits per heavy atom. The van der Waals surface area contributed by atoms with Crippen molar-refractivity contribution in [2.75, 3.05) is 6.61 Å². The van der Waals surface area contributed by atoms with E-state index in [0.717, 1.165) is 13.0 Å². The fraction of sp³-hybridized carbons (Fsp3) is 0.500. The highest BCUT2D eigenvalue weighted by atomic mass is 16.7. The Morgan fingerprint density at radius 2 is 2.07 bits per heavy atom. The summed E-state index contributed by atoms with van der Waals surface area (Å²) in [6.45, 7) is 0.757. The maximum Gasteiger partial charge on any atom is 0.253 e. The van der Waals surface area contributed by atoms with Crippen LogP contribution in [-0.2, 0) is 9.47 Å². The van der Waals surface area contributed by atoms with Crippen molar-refractivity contribution in [2.45, 2.75) is 31.5 Å². The Morgan fingerprint density at radius 3 is 2.93 bits per heavy atom. The second kappa shape index (κ2) is 2.99. The van der Waals surface area contributed by atoms with E-state index in [2.05, 4.69) is 0 Å². The number of fused-ring (bicyclic) bond motifs is 1. The minimum atomic E-state index is -0.523. The van der Waals surface area contributed by atoms with Gasteiger partial charge in [0.15, 0.2) is 0 Å². The molecule has 0 aromatic carbocycles. The van der Waals surface area contributed by atoms with Crippen LogP contribution < -0.4 is 0 Å². The molecule has 2 aliphatic heterocycles. The molecular formula is C12H14O2. The van der Waals surface area contributed by atoms with Crippen molar-refractivity contribution in [2.24, 2.45) is 0 Å². The van der Waals surface area contributed by atoms with E-state index in [9.17, 15) is 0 Å². The van der Waals surface area contributed by atoms with Crippen LogP contribution in [0.3, 0.4) is 0 Å². The van der Waals surface area contributed by atoms with E-state index in [1.54, 1.807) is 6.26 Å². The van der Waals surface area contributed by atoms with Gasteiger partial charge in [0.05, 0.1) is 12.9 Å². The number of ether oxygens (including phenoxy) is 2. The quantitative estimate of drug-likeness (QED) is 0.547. The van der Waals surface area contributed by atoms with Crippen molar-refractivity contribution < 1.29 is 9.47 Å². The standard InChI is InChI=1S/C12H14O2/c1-2-6-11-10(5-1)9-14-12(11)7-3-4-8-13-12/h3-4,7-8H,1-2,5-6,9H2/t12-/m1/s1. The first-order valence-corrected chi connectivity index (χ1v) is 5.28. The lowest BCUT2D eigenvalue weighted by Gasteiger charge is -2.30. The minimum Gasteiger partial charge on any atom is -0.462 e. The van der Waals surface area contributed by atoms with Gasteiger partial charge < -0.3 is 9.47 Å². The molecule has 1 aliphatic carbocycles. The monoisotopic (exact) mass is 190 g/mol. The summed E-state index contributed by atoms with van der Waals surface area (Å²) in [7, 11) is 0. The Kier molecular flexibility index (Phi) is 1.77. The normalized spacial score (nSPS) is 34.9. The van der Waals surface area contributed by atoms with Crippen LogP contribution in [0.2, 0.25) is 0 Å². The Balaban J connectivity index is 1.98. The lowest BCUT2D eigenvalue weighted by molar-refractivity contribution is -0.125. The van der Waals surface area contributed by atoms with Gasteiger partial charge in [0.2, 0.25) is 0 Å². The van der Waals surface area contributed by atoms with Gasteiger partial charge in [0, 0.05) is 5.57 Å². The average molecular weight is 190 g/mol. The molecule has 14 heavy (non-hydrogen) atoms. The molecule has 0 amide bonds. The molecule has 0 saturated carbocycles. The maximum absolute atomic E-state index is 5.79. The third-order valence-corrected chi connectivity index (χ3v) is 3.21. The molecule has 0 fully saturated rings. The molecule has 1 spiro atoms. The van der Waals surface area contributed by atoms with E-state index < -0.39 is 5.79 Å². The van der Waals surface area contributed by atoms with E-state index in [-0.39, 0.29) is 0 Å². The first kappa shape index (κ1) is 8.30. The molecular weight excluding hydrogens is 176 g/mol. The molecule has 0 aromatic rings. The topological polar surface area (TPSA) is 18.5 Å². The predicted molar refractivity (Wildman–Crippen MR) is 53.5 cm³/mol. The number of hydrogen-bond acceptors (Lipinski definition) is 2. The first-order valence-electron chi connectivity index (χ1n) is 5.28. The summed E-state index contributed by atoms with van der Waals surface area (Å²) in [6.07, 6.45) is 12.6. The van der Waals surface area contributed by atoms with Crippen molar-refractivity contribution in [1.82, 2.24) is 0 Å². The summed E-state index contributed by atoms with van der Waals surface area (Å²) in [5.41, 5.74) is 2.85. The van der Waals surface area contributed by atoms with E-state index >= 15 is 0 Å². The largest absolute Gasteiger partial charge is 0.462 e. The fourth-order valence-electron chi connectivity index (χ4n) is 2.49. The van der Waals surface area contributed by atoms with Crippen molar-refractivity contribution in [3.05, 3.63) is 35.6 Å². The van der Waals surface area contributed by atoms with Crippen LogP contribution in [0.25, 0.3) is 0 Å². The third kappa shape index (κ3) is 1.07. The molecule has 0 aromatic heterocycles. The van der Waals surface area contributed by atoms with Crippen LogP contribution in [0.5, 0.6) is 0 Å². The number of hydrogen-bond donors (Lipinski definition) is 0. The van der Waals surface area contributed by atoms with Gasteiger partial charge in [-0.05, 0) is 43.4 Å². The van der Waals surface area contributed by atoms with E-state index in [4.69, 9.17) is 9.47 Å². The molecule has 0 N–H and O–H groups in total. The van der Waals surface area contributed by atoms with Gasteiger partial charge in [-0.1, -0.05) is 6.08 Å². The first-order chi connectivity index (χ1) is 6.91. The molecule has 1 atom stereocenters. The highest BCUT2D eigenvalue weighted by molar-refractivity contribution is 5.35. The molecule has 74 valence electrons. The van der Waals surface area contributed by atoms with Gasteiger partial charge in [-0.15, -0.1) is 0 Å². The average Bonchev–Trinajstić information content (AvgIpc) is 2.60. The molecule has 0 radical (unpaired) electrons. The third-order valence-electron chi connectivity index (χ3n) is 3.21. The SMILES string of the molecule is C1=CO[C@]2(C=C1)OCC1=C2CCCC1. The number of rotatable bonds is 0. The van der Waals surface area contributed by atoms with Crippen molar-refractivity contribution in [3.8, 4) is 0 Å². The summed E-state index contributed by atoms with van der Waals surface area (Å²) in [6, 6.07) is 0. The zero-order valence-electron chi connectivity index (χ0n) is 8.16. The van der Waals surface area contributed by atoms with Crippen LogP contribution in [0.15, 0.2) is 35.6 Å². The van der Waals surface area contributed by atoms with Gasteiger partial charge in [-0.25, -0.2) is 0 Å². The molecule has 2 heteroatoms.